The number of nitrogens with two attached hydrogens (primary N) is 2. The molecule has 1 heterocycles. The van der Waals surface area contributed by atoms with Crippen molar-refractivity contribution in [2.45, 2.75) is 17.3 Å². The number of nitriles is 1. The number of halogens is 4. The van der Waals surface area contributed by atoms with Crippen LogP contribution in [0.3, 0.4) is 0 Å². The van der Waals surface area contributed by atoms with Crippen molar-refractivity contribution in [3.8, 4) is 23.3 Å². The minimum absolute atomic E-state index is 0.0809. The molecule has 0 radical (unpaired) electrons. The van der Waals surface area contributed by atoms with Gasteiger partial charge >= 0.3 is 19.7 Å². The standard InChI is InChI=1S/C21H24FN4O7PS2.C2HF3O2/c1-13-16-9-18(31-6-4-23)19(32-7-5-24)10-20(16)35-21(13)36(29,30)26-12-34(27,28)33-15-3-2-14(11-25)17(22)8-15;3-2(4,5)1(6)7/h2-3,8-10,26H,4-7,12,23-24H2,1H3,(H,27,28);(H,6,7). The van der Waals surface area contributed by atoms with Crippen molar-refractivity contribution in [3.63, 3.8) is 0 Å². The zero-order chi connectivity index (χ0) is 32.6. The van der Waals surface area contributed by atoms with Crippen LogP contribution in [-0.2, 0) is 19.4 Å². The van der Waals surface area contributed by atoms with Crippen molar-refractivity contribution >= 4 is 45.0 Å². The van der Waals surface area contributed by atoms with Crippen LogP contribution in [-0.4, -0.2) is 63.2 Å². The van der Waals surface area contributed by atoms with E-state index in [-0.39, 0.29) is 41.8 Å². The first-order valence-electron chi connectivity index (χ1n) is 11.7. The van der Waals surface area contributed by atoms with Gasteiger partial charge in [0.05, 0.1) is 5.56 Å². The summed E-state index contributed by atoms with van der Waals surface area (Å²) in [5.41, 5.74) is 11.1. The number of sulfonamides is 1. The average molecular weight is 673 g/mol. The highest BCUT2D eigenvalue weighted by molar-refractivity contribution is 7.92. The van der Waals surface area contributed by atoms with Crippen LogP contribution in [0.5, 0.6) is 17.2 Å². The second-order valence-corrected chi connectivity index (χ2v) is 13.0. The van der Waals surface area contributed by atoms with Gasteiger partial charge in [-0.1, -0.05) is 0 Å². The van der Waals surface area contributed by atoms with E-state index in [0.717, 1.165) is 29.5 Å². The Balaban J connectivity index is 0.000000821. The predicted molar refractivity (Wildman–Crippen MR) is 146 cm³/mol. The molecule has 20 heteroatoms. The molecule has 3 aromatic rings. The van der Waals surface area contributed by atoms with Crippen LogP contribution in [0, 0.1) is 24.1 Å². The van der Waals surface area contributed by atoms with Crippen molar-refractivity contribution in [2.24, 2.45) is 11.5 Å². The number of aryl methyl sites for hydroxylation is 1. The van der Waals surface area contributed by atoms with Gasteiger partial charge in [-0.05, 0) is 30.7 Å². The van der Waals surface area contributed by atoms with Gasteiger partial charge < -0.3 is 35.5 Å². The maximum Gasteiger partial charge on any atom is 0.490 e. The van der Waals surface area contributed by atoms with Crippen LogP contribution in [0.2, 0.25) is 0 Å². The smallest absolute Gasteiger partial charge is 0.488 e. The fourth-order valence-electron chi connectivity index (χ4n) is 3.10. The maximum absolute atomic E-state index is 13.7. The molecule has 1 aromatic heterocycles. The number of benzene rings is 2. The quantitative estimate of drug-likeness (QED) is 0.138. The molecule has 0 saturated heterocycles. The highest BCUT2D eigenvalue weighted by Gasteiger charge is 2.38. The number of aliphatic carboxylic acids is 1. The monoisotopic (exact) mass is 672 g/mol. The molecular weight excluding hydrogens is 647 g/mol. The van der Waals surface area contributed by atoms with Crippen molar-refractivity contribution < 1.29 is 59.3 Å². The summed E-state index contributed by atoms with van der Waals surface area (Å²) in [5.74, 6) is -3.28. The molecule has 0 spiro atoms. The minimum atomic E-state index is -5.08. The summed E-state index contributed by atoms with van der Waals surface area (Å²) >= 11 is 0.937. The van der Waals surface area contributed by atoms with Crippen LogP contribution in [0.4, 0.5) is 17.6 Å². The highest BCUT2D eigenvalue weighted by atomic mass is 32.2. The molecule has 0 bridgehead atoms. The fourth-order valence-corrected chi connectivity index (χ4v) is 7.42. The van der Waals surface area contributed by atoms with E-state index < -0.39 is 41.9 Å². The Morgan fingerprint density at radius 3 is 2.19 bits per heavy atom. The molecule has 2 aromatic carbocycles. The third kappa shape index (κ3) is 10.0. The van der Waals surface area contributed by atoms with Crippen LogP contribution in [0.1, 0.15) is 11.1 Å². The Labute approximate surface area is 246 Å². The van der Waals surface area contributed by atoms with Crippen molar-refractivity contribution in [3.05, 3.63) is 47.3 Å². The number of nitrogens with one attached hydrogen (secondary N) is 1. The molecule has 3 rings (SSSR count). The molecule has 1 unspecified atom stereocenters. The summed E-state index contributed by atoms with van der Waals surface area (Å²) in [6.45, 7) is 2.56. The third-order valence-electron chi connectivity index (χ3n) is 4.96. The lowest BCUT2D eigenvalue weighted by molar-refractivity contribution is -0.192. The summed E-state index contributed by atoms with van der Waals surface area (Å²) < 4.78 is 103. The van der Waals surface area contributed by atoms with Gasteiger partial charge in [-0.15, -0.1) is 11.3 Å². The molecule has 0 amide bonds. The van der Waals surface area contributed by atoms with E-state index in [1.807, 2.05) is 0 Å². The number of hydrogen-bond donors (Lipinski definition) is 5. The number of carboxylic acid groups (broad SMARTS) is 1. The number of fused-ring (bicyclic) bond motifs is 1. The van der Waals surface area contributed by atoms with Crippen LogP contribution in [0.25, 0.3) is 10.1 Å². The number of ether oxygens (including phenoxy) is 2. The van der Waals surface area contributed by atoms with Gasteiger partial charge in [0.2, 0.25) is 0 Å². The highest BCUT2D eigenvalue weighted by Crippen LogP contribution is 2.44. The summed E-state index contributed by atoms with van der Waals surface area (Å²) in [4.78, 5) is 19.0. The molecule has 0 fully saturated rings. The maximum atomic E-state index is 13.7. The number of carboxylic acids is 1. The lowest BCUT2D eigenvalue weighted by Gasteiger charge is -2.14. The van der Waals surface area contributed by atoms with Crippen molar-refractivity contribution in [1.82, 2.24) is 4.72 Å². The first-order valence-corrected chi connectivity index (χ1v) is 15.8. The third-order valence-corrected chi connectivity index (χ3v) is 9.50. The molecule has 0 aliphatic rings. The Morgan fingerprint density at radius 1 is 1.14 bits per heavy atom. The van der Waals surface area contributed by atoms with Crippen molar-refractivity contribution in [1.29, 1.82) is 5.26 Å². The molecule has 0 aliphatic heterocycles. The largest absolute Gasteiger partial charge is 0.490 e. The van der Waals surface area contributed by atoms with E-state index in [0.29, 0.717) is 27.1 Å². The van der Waals surface area contributed by atoms with Crippen LogP contribution >= 0.6 is 18.9 Å². The first kappa shape index (κ1) is 35.7. The number of carbonyl (C=O) groups is 1. The van der Waals surface area contributed by atoms with Gasteiger partial charge in [-0.2, -0.15) is 23.2 Å². The summed E-state index contributed by atoms with van der Waals surface area (Å²) in [7, 11) is -8.80. The summed E-state index contributed by atoms with van der Waals surface area (Å²) in [6.07, 6.45) is -6.06. The normalized spacial score (nSPS) is 12.9. The lowest BCUT2D eigenvalue weighted by Crippen LogP contribution is -2.25. The van der Waals surface area contributed by atoms with Gasteiger partial charge in [0.15, 0.2) is 11.5 Å². The molecule has 13 nitrogen and oxygen atoms in total. The molecule has 236 valence electrons. The predicted octanol–water partition coefficient (Wildman–Crippen LogP) is 3.03. The number of alkyl halides is 3. The Morgan fingerprint density at radius 2 is 1.70 bits per heavy atom. The van der Waals surface area contributed by atoms with Gasteiger partial charge in [-0.25, -0.2) is 22.2 Å². The van der Waals surface area contributed by atoms with Crippen LogP contribution in [0.15, 0.2) is 34.5 Å². The van der Waals surface area contributed by atoms with Gasteiger partial charge in [0.25, 0.3) is 10.0 Å². The van der Waals surface area contributed by atoms with E-state index in [4.69, 9.17) is 40.6 Å². The van der Waals surface area contributed by atoms with Crippen molar-refractivity contribution in [2.75, 3.05) is 32.6 Å². The van der Waals surface area contributed by atoms with E-state index >= 15 is 0 Å². The summed E-state index contributed by atoms with van der Waals surface area (Å²) in [6, 6.07) is 7.85. The second-order valence-electron chi connectivity index (χ2n) is 8.17. The van der Waals surface area contributed by atoms with E-state index in [1.165, 1.54) is 0 Å². The number of nitrogens with zero attached hydrogens (tertiary/aromatic N) is 1. The molecule has 0 aliphatic carbocycles. The molecule has 43 heavy (non-hydrogen) atoms. The molecule has 7 N–H and O–H groups in total. The number of thiophene rings is 1. The lowest BCUT2D eigenvalue weighted by atomic mass is 10.2. The van der Waals surface area contributed by atoms with Gasteiger partial charge in [0.1, 0.15) is 41.3 Å². The number of rotatable bonds is 12. The topological polar surface area (TPSA) is 224 Å². The van der Waals surface area contributed by atoms with Crippen LogP contribution < -0.4 is 30.2 Å². The second kappa shape index (κ2) is 14.8. The number of hydrogen-bond acceptors (Lipinski definition) is 11. The molecular formula is C23H25F4N4O9PS2. The summed E-state index contributed by atoms with van der Waals surface area (Å²) in [5, 5.41) is 16.5. The molecule has 1 atom stereocenters. The first-order chi connectivity index (χ1) is 20.0. The van der Waals surface area contributed by atoms with E-state index in [2.05, 4.69) is 4.72 Å². The Hall–Kier alpha value is -3.50. The zero-order valence-corrected chi connectivity index (χ0v) is 24.6. The fraction of sp³-hybridized carbons (Fsp3) is 0.304. The SMILES string of the molecule is Cc1c(S(=O)(=O)NCP(=O)(O)Oc2ccc(C#N)c(F)c2)sc2cc(OCCN)c(OCCN)cc12.O=C(O)C(F)(F)F. The zero-order valence-electron chi connectivity index (χ0n) is 22.1. The van der Waals surface area contributed by atoms with Gasteiger partial charge in [0, 0.05) is 35.3 Å². The molecule has 0 saturated carbocycles. The Kier molecular flexibility index (Phi) is 12.3. The minimum Gasteiger partial charge on any atom is -0.488 e. The van der Waals surface area contributed by atoms with E-state index in [1.54, 1.807) is 25.1 Å². The van der Waals surface area contributed by atoms with E-state index in [9.17, 15) is 35.4 Å². The average Bonchev–Trinajstić information content (AvgIpc) is 3.25. The Bertz CT molecular complexity index is 1660. The van der Waals surface area contributed by atoms with Gasteiger partial charge in [-0.3, -0.25) is 0 Å².